The molecule has 0 heterocycles. The minimum atomic E-state index is -3.14. The van der Waals surface area contributed by atoms with Gasteiger partial charge in [0.25, 0.3) is 0 Å². The molecule has 1 aromatic rings. The van der Waals surface area contributed by atoms with Crippen LogP contribution in [0, 0.1) is 0 Å². The predicted molar refractivity (Wildman–Crippen MR) is 112 cm³/mol. The Morgan fingerprint density at radius 3 is 2.50 bits per heavy atom. The highest BCUT2D eigenvalue weighted by Gasteiger charge is 2.03. The number of hydrogen-bond donors (Lipinski definition) is 3. The summed E-state index contributed by atoms with van der Waals surface area (Å²) in [6.45, 7) is 4.10. The number of nitrogens with zero attached hydrogens (tertiary/aromatic N) is 1. The number of nitrogens with one attached hydrogen (secondary N) is 3. The van der Waals surface area contributed by atoms with Crippen molar-refractivity contribution in [2.24, 2.45) is 4.99 Å². The van der Waals surface area contributed by atoms with E-state index in [2.05, 4.69) is 20.3 Å². The molecule has 10 heteroatoms. The molecule has 1 aromatic carbocycles. The number of guanidine groups is 1. The van der Waals surface area contributed by atoms with E-state index >= 15 is 0 Å². The second kappa shape index (κ2) is 12.1. The molecule has 0 saturated heterocycles. The Labute approximate surface area is 170 Å². The molecule has 0 fully saturated rings. The highest BCUT2D eigenvalue weighted by Crippen LogP contribution is 2.21. The van der Waals surface area contributed by atoms with E-state index < -0.39 is 10.0 Å². The maximum atomic E-state index is 11.0. The maximum Gasteiger partial charge on any atom is 0.208 e. The van der Waals surface area contributed by atoms with Gasteiger partial charge in [-0.1, -0.05) is 29.3 Å². The number of sulfonamides is 1. The van der Waals surface area contributed by atoms with E-state index in [-0.39, 0.29) is 24.0 Å². The minimum absolute atomic E-state index is 0. The molecule has 6 nitrogen and oxygen atoms in total. The lowest BCUT2D eigenvalue weighted by Crippen LogP contribution is -2.38. The third kappa shape index (κ3) is 10.5. The summed E-state index contributed by atoms with van der Waals surface area (Å²) in [6.07, 6.45) is 1.79. The molecule has 1 rings (SSSR count). The standard InChI is InChI=1S/C14H22Cl2N4O2S.HI/c1-3-17-14(18-7-4-8-20-23(2,21)22)19-10-11-5-6-12(15)9-13(11)16;/h5-6,9,20H,3-4,7-8,10H2,1-2H3,(H2,17,18,19);1H. The Kier molecular flexibility index (Phi) is 12.0. The van der Waals surface area contributed by atoms with Crippen molar-refractivity contribution < 1.29 is 8.42 Å². The summed E-state index contributed by atoms with van der Waals surface area (Å²) in [5.74, 6) is 0.651. The lowest BCUT2D eigenvalue weighted by atomic mass is 10.2. The third-order valence-electron chi connectivity index (χ3n) is 2.78. The van der Waals surface area contributed by atoms with Crippen molar-refractivity contribution in [1.82, 2.24) is 15.4 Å². The van der Waals surface area contributed by atoms with Crippen LogP contribution in [0.2, 0.25) is 10.0 Å². The summed E-state index contributed by atoms with van der Waals surface area (Å²) in [5, 5.41) is 7.43. The number of halogens is 3. The van der Waals surface area contributed by atoms with E-state index in [9.17, 15) is 8.42 Å². The summed E-state index contributed by atoms with van der Waals surface area (Å²) >= 11 is 12.0. The van der Waals surface area contributed by atoms with Crippen LogP contribution in [0.25, 0.3) is 0 Å². The van der Waals surface area contributed by atoms with Gasteiger partial charge in [0.05, 0.1) is 12.8 Å². The second-order valence-electron chi connectivity index (χ2n) is 4.88. The van der Waals surface area contributed by atoms with Crippen LogP contribution in [0.4, 0.5) is 0 Å². The van der Waals surface area contributed by atoms with Crippen molar-refractivity contribution in [2.45, 2.75) is 19.9 Å². The normalized spacial score (nSPS) is 11.8. The van der Waals surface area contributed by atoms with E-state index in [1.54, 1.807) is 12.1 Å². The van der Waals surface area contributed by atoms with E-state index in [1.165, 1.54) is 0 Å². The first-order chi connectivity index (χ1) is 10.8. The fourth-order valence-electron chi connectivity index (χ4n) is 1.71. The monoisotopic (exact) mass is 508 g/mol. The topological polar surface area (TPSA) is 82.6 Å². The van der Waals surface area contributed by atoms with Crippen molar-refractivity contribution >= 4 is 63.2 Å². The van der Waals surface area contributed by atoms with E-state index in [4.69, 9.17) is 23.2 Å². The van der Waals surface area contributed by atoms with Crippen LogP contribution in [0.1, 0.15) is 18.9 Å². The molecule has 0 unspecified atom stereocenters. The summed E-state index contributed by atoms with van der Waals surface area (Å²) in [5.41, 5.74) is 0.881. The van der Waals surface area contributed by atoms with Gasteiger partial charge in [-0.3, -0.25) is 0 Å². The molecule has 0 atom stereocenters. The van der Waals surface area contributed by atoms with Gasteiger partial charge in [0.15, 0.2) is 5.96 Å². The first-order valence-electron chi connectivity index (χ1n) is 7.22. The Balaban J connectivity index is 0.00000529. The van der Waals surface area contributed by atoms with Gasteiger partial charge in [-0.05, 0) is 31.0 Å². The zero-order chi connectivity index (χ0) is 17.3. The molecule has 0 aromatic heterocycles. The largest absolute Gasteiger partial charge is 0.357 e. The van der Waals surface area contributed by atoms with Crippen LogP contribution < -0.4 is 15.4 Å². The molecule has 138 valence electrons. The Morgan fingerprint density at radius 1 is 1.21 bits per heavy atom. The van der Waals surface area contributed by atoms with Crippen molar-refractivity contribution in [2.75, 3.05) is 25.9 Å². The van der Waals surface area contributed by atoms with Crippen LogP contribution >= 0.6 is 47.2 Å². The lowest BCUT2D eigenvalue weighted by molar-refractivity contribution is 0.584. The Bertz CT molecular complexity index is 642. The Hall–Kier alpha value is -0.290. The molecular weight excluding hydrogens is 486 g/mol. The number of benzene rings is 1. The fourth-order valence-corrected chi connectivity index (χ4v) is 2.69. The van der Waals surface area contributed by atoms with Gasteiger partial charge in [0.2, 0.25) is 10.0 Å². The highest BCUT2D eigenvalue weighted by atomic mass is 127. The van der Waals surface area contributed by atoms with Crippen molar-refractivity contribution in [1.29, 1.82) is 0 Å². The van der Waals surface area contributed by atoms with Gasteiger partial charge in [0.1, 0.15) is 0 Å². The highest BCUT2D eigenvalue weighted by molar-refractivity contribution is 14.0. The summed E-state index contributed by atoms with van der Waals surface area (Å²) in [4.78, 5) is 4.45. The number of rotatable bonds is 8. The van der Waals surface area contributed by atoms with Gasteiger partial charge in [-0.2, -0.15) is 0 Å². The van der Waals surface area contributed by atoms with Gasteiger partial charge in [-0.25, -0.2) is 18.1 Å². The van der Waals surface area contributed by atoms with Crippen molar-refractivity contribution in [3.05, 3.63) is 33.8 Å². The van der Waals surface area contributed by atoms with Crippen LogP contribution in [-0.4, -0.2) is 40.3 Å². The summed E-state index contributed by atoms with van der Waals surface area (Å²) in [7, 11) is -3.14. The smallest absolute Gasteiger partial charge is 0.208 e. The number of hydrogen-bond acceptors (Lipinski definition) is 3. The van der Waals surface area contributed by atoms with Crippen LogP contribution in [0.3, 0.4) is 0 Å². The fraction of sp³-hybridized carbons (Fsp3) is 0.500. The predicted octanol–water partition coefficient (Wildman–Crippen LogP) is 2.61. The minimum Gasteiger partial charge on any atom is -0.357 e. The zero-order valence-corrected chi connectivity index (χ0v) is 18.3. The molecule has 0 aliphatic rings. The first kappa shape index (κ1) is 23.7. The SMILES string of the molecule is CCNC(=NCc1ccc(Cl)cc1Cl)NCCCNS(C)(=O)=O.I. The Morgan fingerprint density at radius 2 is 1.92 bits per heavy atom. The second-order valence-corrected chi connectivity index (χ2v) is 7.55. The van der Waals surface area contributed by atoms with Gasteiger partial charge >= 0.3 is 0 Å². The van der Waals surface area contributed by atoms with Crippen LogP contribution in [-0.2, 0) is 16.6 Å². The molecule has 0 bridgehead atoms. The quantitative estimate of drug-likeness (QED) is 0.218. The maximum absolute atomic E-state index is 11.0. The molecule has 0 spiro atoms. The molecule has 0 saturated carbocycles. The average Bonchev–Trinajstić information content (AvgIpc) is 2.44. The number of aliphatic imine (C=N–C) groups is 1. The van der Waals surface area contributed by atoms with Gasteiger partial charge in [-0.15, -0.1) is 24.0 Å². The van der Waals surface area contributed by atoms with E-state index in [1.807, 2.05) is 13.0 Å². The molecular formula is C14H23Cl2IN4O2S. The van der Waals surface area contributed by atoms with Gasteiger partial charge < -0.3 is 10.6 Å². The average molecular weight is 509 g/mol. The first-order valence-corrected chi connectivity index (χ1v) is 9.87. The van der Waals surface area contributed by atoms with Crippen molar-refractivity contribution in [3.8, 4) is 0 Å². The lowest BCUT2D eigenvalue weighted by Gasteiger charge is -2.11. The molecule has 3 N–H and O–H groups in total. The van der Waals surface area contributed by atoms with E-state index in [0.717, 1.165) is 18.4 Å². The van der Waals surface area contributed by atoms with Crippen LogP contribution in [0.5, 0.6) is 0 Å². The van der Waals surface area contributed by atoms with Gasteiger partial charge in [0, 0.05) is 29.7 Å². The molecule has 0 amide bonds. The summed E-state index contributed by atoms with van der Waals surface area (Å²) in [6, 6.07) is 5.30. The van der Waals surface area contributed by atoms with Crippen molar-refractivity contribution in [3.63, 3.8) is 0 Å². The molecule has 0 aliphatic carbocycles. The molecule has 0 radical (unpaired) electrons. The molecule has 24 heavy (non-hydrogen) atoms. The zero-order valence-electron chi connectivity index (χ0n) is 13.6. The summed E-state index contributed by atoms with van der Waals surface area (Å²) < 4.78 is 24.4. The molecule has 0 aliphatic heterocycles. The van der Waals surface area contributed by atoms with Crippen LogP contribution in [0.15, 0.2) is 23.2 Å². The van der Waals surface area contributed by atoms with E-state index in [0.29, 0.717) is 42.1 Å². The third-order valence-corrected chi connectivity index (χ3v) is 4.09.